The Morgan fingerprint density at radius 1 is 1.32 bits per heavy atom. The molecule has 0 atom stereocenters. The lowest BCUT2D eigenvalue weighted by molar-refractivity contribution is -0.122. The summed E-state index contributed by atoms with van der Waals surface area (Å²) in [6.45, 7) is 3.58. The van der Waals surface area contributed by atoms with Crippen LogP contribution in [0.3, 0.4) is 0 Å². The molecule has 0 unspecified atom stereocenters. The molecule has 3 rings (SSSR count). The number of aliphatic imine (C=N–C) groups is 1. The number of hydrogen-bond donors (Lipinski definition) is 3. The Hall–Kier alpha value is -2.41. The van der Waals surface area contributed by atoms with Crippen LogP contribution in [0.4, 0.5) is 5.69 Å². The Morgan fingerprint density at radius 3 is 2.86 bits per heavy atom. The molecule has 6 nitrogen and oxygen atoms in total. The van der Waals surface area contributed by atoms with Crippen molar-refractivity contribution >= 4 is 28.9 Å². The Kier molecular flexibility index (Phi) is 7.42. The predicted octanol–water partition coefficient (Wildman–Crippen LogP) is 3.35. The Bertz CT molecular complexity index is 813. The van der Waals surface area contributed by atoms with E-state index < -0.39 is 0 Å². The fourth-order valence-corrected chi connectivity index (χ4v) is 3.86. The normalized spacial score (nSPS) is 14.4. The van der Waals surface area contributed by atoms with Gasteiger partial charge in [-0.2, -0.15) is 0 Å². The zero-order valence-electron chi connectivity index (χ0n) is 16.6. The van der Waals surface area contributed by atoms with E-state index in [0.29, 0.717) is 6.54 Å². The van der Waals surface area contributed by atoms with Crippen LogP contribution in [0.15, 0.2) is 35.5 Å². The third kappa shape index (κ3) is 5.79. The number of rotatable bonds is 8. The number of guanidine groups is 1. The number of hydrogen-bond acceptors (Lipinski definition) is 4. The number of benzene rings is 1. The van der Waals surface area contributed by atoms with Crippen molar-refractivity contribution in [2.24, 2.45) is 10.9 Å². The molecule has 1 saturated carbocycles. The Morgan fingerprint density at radius 2 is 2.18 bits per heavy atom. The second kappa shape index (κ2) is 10.2. The fourth-order valence-electron chi connectivity index (χ4n) is 3.00. The number of carbonyl (C=O) groups is 1. The van der Waals surface area contributed by atoms with Crippen LogP contribution in [0, 0.1) is 5.92 Å². The Balaban J connectivity index is 1.43. The molecule has 3 N–H and O–H groups in total. The number of anilines is 1. The van der Waals surface area contributed by atoms with Crippen LogP contribution in [-0.2, 0) is 24.2 Å². The number of nitrogens with one attached hydrogen (secondary N) is 3. The van der Waals surface area contributed by atoms with Crippen LogP contribution in [-0.4, -0.2) is 30.4 Å². The molecular formula is C21H29N5OS. The zero-order chi connectivity index (χ0) is 19.8. The highest BCUT2D eigenvalue weighted by Gasteiger charge is 2.25. The van der Waals surface area contributed by atoms with Crippen molar-refractivity contribution in [3.8, 4) is 0 Å². The molecule has 1 aliphatic carbocycles. The van der Waals surface area contributed by atoms with Crippen LogP contribution in [0.1, 0.15) is 41.6 Å². The minimum Gasteiger partial charge on any atom is -0.356 e. The van der Waals surface area contributed by atoms with Crippen molar-refractivity contribution in [1.82, 2.24) is 15.6 Å². The van der Waals surface area contributed by atoms with Crippen LogP contribution >= 0.6 is 11.3 Å². The van der Waals surface area contributed by atoms with Crippen LogP contribution < -0.4 is 16.0 Å². The minimum absolute atomic E-state index is 0.141. The summed E-state index contributed by atoms with van der Waals surface area (Å²) in [7, 11) is 1.77. The summed E-state index contributed by atoms with van der Waals surface area (Å²) in [5.74, 6) is 1.09. The molecule has 1 fully saturated rings. The monoisotopic (exact) mass is 399 g/mol. The van der Waals surface area contributed by atoms with E-state index in [0.717, 1.165) is 60.9 Å². The third-order valence-electron chi connectivity index (χ3n) is 4.94. The van der Waals surface area contributed by atoms with Crippen LogP contribution in [0.5, 0.6) is 0 Å². The number of aryl methyl sites for hydroxylation is 1. The number of carbonyl (C=O) groups excluding carboxylic acids is 1. The molecule has 0 bridgehead atoms. The highest BCUT2D eigenvalue weighted by molar-refractivity contribution is 7.11. The highest BCUT2D eigenvalue weighted by atomic mass is 32.1. The topological polar surface area (TPSA) is 78.4 Å². The lowest BCUT2D eigenvalue weighted by atomic mass is 9.85. The van der Waals surface area contributed by atoms with Crippen molar-refractivity contribution in [1.29, 1.82) is 0 Å². The SMILES string of the molecule is CCc1cnc(CCNC(=NC)NCc2cccc(NC(=O)C3CCC3)c2)s1. The maximum absolute atomic E-state index is 12.1. The average molecular weight is 400 g/mol. The summed E-state index contributed by atoms with van der Waals surface area (Å²) < 4.78 is 0. The fraction of sp³-hybridized carbons (Fsp3) is 0.476. The largest absolute Gasteiger partial charge is 0.356 e. The van der Waals surface area contributed by atoms with Crippen LogP contribution in [0.25, 0.3) is 0 Å². The van der Waals surface area contributed by atoms with Gasteiger partial charge in [0.05, 0.1) is 5.01 Å². The summed E-state index contributed by atoms with van der Waals surface area (Å²) in [4.78, 5) is 22.2. The number of thiazole rings is 1. The maximum atomic E-state index is 12.1. The highest BCUT2D eigenvalue weighted by Crippen LogP contribution is 2.27. The van der Waals surface area contributed by atoms with E-state index in [4.69, 9.17) is 0 Å². The van der Waals surface area contributed by atoms with E-state index in [1.54, 1.807) is 18.4 Å². The average Bonchev–Trinajstić information content (AvgIpc) is 3.11. The van der Waals surface area contributed by atoms with Gasteiger partial charge < -0.3 is 16.0 Å². The van der Waals surface area contributed by atoms with Crippen molar-refractivity contribution in [3.63, 3.8) is 0 Å². The first kappa shape index (κ1) is 20.3. The van der Waals surface area contributed by atoms with E-state index in [2.05, 4.69) is 32.9 Å². The molecule has 1 heterocycles. The third-order valence-corrected chi connectivity index (χ3v) is 6.14. The smallest absolute Gasteiger partial charge is 0.227 e. The van der Waals surface area contributed by atoms with E-state index >= 15 is 0 Å². The van der Waals surface area contributed by atoms with Gasteiger partial charge in [0.25, 0.3) is 0 Å². The molecule has 2 aromatic rings. The molecule has 1 aromatic heterocycles. The van der Waals surface area contributed by atoms with E-state index in [1.807, 2.05) is 30.5 Å². The van der Waals surface area contributed by atoms with Gasteiger partial charge in [-0.15, -0.1) is 11.3 Å². The lowest BCUT2D eigenvalue weighted by Crippen LogP contribution is -2.37. The maximum Gasteiger partial charge on any atom is 0.227 e. The van der Waals surface area contributed by atoms with Gasteiger partial charge in [-0.3, -0.25) is 9.79 Å². The van der Waals surface area contributed by atoms with Crippen molar-refractivity contribution in [3.05, 3.63) is 45.9 Å². The quantitative estimate of drug-likeness (QED) is 0.470. The summed E-state index contributed by atoms with van der Waals surface area (Å²) >= 11 is 1.77. The number of nitrogens with zero attached hydrogens (tertiary/aromatic N) is 2. The Labute approximate surface area is 170 Å². The van der Waals surface area contributed by atoms with Gasteiger partial charge in [0.1, 0.15) is 0 Å². The second-order valence-electron chi connectivity index (χ2n) is 6.99. The summed E-state index contributed by atoms with van der Waals surface area (Å²) in [5, 5.41) is 10.8. The molecule has 28 heavy (non-hydrogen) atoms. The van der Waals surface area contributed by atoms with E-state index in [9.17, 15) is 4.79 Å². The van der Waals surface area contributed by atoms with Crippen molar-refractivity contribution in [2.45, 2.75) is 45.6 Å². The van der Waals surface area contributed by atoms with Crippen LogP contribution in [0.2, 0.25) is 0 Å². The molecule has 0 aliphatic heterocycles. The molecular weight excluding hydrogens is 370 g/mol. The second-order valence-corrected chi connectivity index (χ2v) is 8.19. The van der Waals surface area contributed by atoms with E-state index in [-0.39, 0.29) is 11.8 Å². The molecule has 1 amide bonds. The molecule has 0 spiro atoms. The van der Waals surface area contributed by atoms with Crippen molar-refractivity contribution < 1.29 is 4.79 Å². The molecule has 1 aliphatic rings. The first-order chi connectivity index (χ1) is 13.7. The van der Waals surface area contributed by atoms with Gasteiger partial charge in [-0.25, -0.2) is 4.98 Å². The molecule has 0 saturated heterocycles. The number of aromatic nitrogens is 1. The standard InChI is InChI=1S/C21H29N5OS/c1-3-18-14-24-19(28-18)10-11-23-21(22-2)25-13-15-6-4-9-17(12-15)26-20(27)16-7-5-8-16/h4,6,9,12,14,16H,3,5,7-8,10-11,13H2,1-2H3,(H,26,27)(H2,22,23,25). The zero-order valence-corrected chi connectivity index (χ0v) is 17.4. The van der Waals surface area contributed by atoms with Gasteiger partial charge in [-0.05, 0) is 37.0 Å². The molecule has 1 aromatic carbocycles. The lowest BCUT2D eigenvalue weighted by Gasteiger charge is -2.24. The van der Waals surface area contributed by atoms with Gasteiger partial charge in [-0.1, -0.05) is 25.5 Å². The first-order valence-electron chi connectivity index (χ1n) is 9.96. The van der Waals surface area contributed by atoms with E-state index in [1.165, 1.54) is 4.88 Å². The predicted molar refractivity (Wildman–Crippen MR) is 116 cm³/mol. The van der Waals surface area contributed by atoms with Gasteiger partial charge >= 0.3 is 0 Å². The van der Waals surface area contributed by atoms with Gasteiger partial charge in [0.15, 0.2) is 5.96 Å². The first-order valence-corrected chi connectivity index (χ1v) is 10.8. The molecule has 0 radical (unpaired) electrons. The number of amides is 1. The van der Waals surface area contributed by atoms with Gasteiger partial charge in [0, 0.05) is 49.2 Å². The summed E-state index contributed by atoms with van der Waals surface area (Å²) in [6.07, 6.45) is 7.06. The summed E-state index contributed by atoms with van der Waals surface area (Å²) in [5.41, 5.74) is 1.96. The summed E-state index contributed by atoms with van der Waals surface area (Å²) in [6, 6.07) is 7.96. The minimum atomic E-state index is 0.141. The van der Waals surface area contributed by atoms with Crippen molar-refractivity contribution in [2.75, 3.05) is 18.9 Å². The van der Waals surface area contributed by atoms with Gasteiger partial charge in [0.2, 0.25) is 5.91 Å². The molecule has 7 heteroatoms. The molecule has 150 valence electrons.